The molecule has 1 N–H and O–H groups in total. The highest BCUT2D eigenvalue weighted by atomic mass is 16.5. The van der Waals surface area contributed by atoms with Crippen molar-refractivity contribution in [1.82, 2.24) is 15.2 Å². The summed E-state index contributed by atoms with van der Waals surface area (Å²) in [4.78, 5) is 29.1. The fraction of sp³-hybridized carbons (Fsp3) is 0.588. The molecule has 0 radical (unpaired) electrons. The molecular formula is C17H25N3O3. The van der Waals surface area contributed by atoms with Gasteiger partial charge in [0.25, 0.3) is 0 Å². The zero-order chi connectivity index (χ0) is 16.7. The van der Waals surface area contributed by atoms with Crippen LogP contribution in [-0.2, 0) is 9.59 Å². The van der Waals surface area contributed by atoms with Crippen LogP contribution in [0, 0.1) is 5.92 Å². The number of rotatable bonds is 6. The number of ether oxygens (including phenoxy) is 1. The third kappa shape index (κ3) is 5.54. The quantitative estimate of drug-likeness (QED) is 0.865. The van der Waals surface area contributed by atoms with Crippen molar-refractivity contribution in [3.05, 3.63) is 24.5 Å². The van der Waals surface area contributed by atoms with Gasteiger partial charge >= 0.3 is 0 Å². The number of pyridine rings is 1. The van der Waals surface area contributed by atoms with Crippen LogP contribution in [0.1, 0.15) is 33.1 Å². The second kappa shape index (κ2) is 8.50. The first-order chi connectivity index (χ1) is 11.1. The molecule has 1 aromatic heterocycles. The zero-order valence-corrected chi connectivity index (χ0v) is 13.8. The van der Waals surface area contributed by atoms with Crippen LogP contribution in [0.2, 0.25) is 0 Å². The van der Waals surface area contributed by atoms with E-state index in [1.807, 2.05) is 17.0 Å². The first-order valence-corrected chi connectivity index (χ1v) is 8.15. The molecule has 2 rings (SSSR count). The number of amides is 2. The highest BCUT2D eigenvalue weighted by Crippen LogP contribution is 2.21. The Labute approximate surface area is 137 Å². The van der Waals surface area contributed by atoms with Crippen LogP contribution >= 0.6 is 0 Å². The number of aromatic nitrogens is 1. The summed E-state index contributed by atoms with van der Waals surface area (Å²) in [5, 5.41) is 2.65. The smallest absolute Gasteiger partial charge is 0.244 e. The molecule has 6 heteroatoms. The van der Waals surface area contributed by atoms with Crippen molar-refractivity contribution in [2.45, 2.75) is 39.2 Å². The van der Waals surface area contributed by atoms with Gasteiger partial charge in [-0.25, -0.2) is 0 Å². The molecule has 0 bridgehead atoms. The van der Waals surface area contributed by atoms with Crippen molar-refractivity contribution < 1.29 is 14.3 Å². The van der Waals surface area contributed by atoms with Crippen LogP contribution in [0.25, 0.3) is 0 Å². The molecule has 0 saturated carbocycles. The number of nitrogens with zero attached hydrogens (tertiary/aromatic N) is 2. The molecule has 1 saturated heterocycles. The van der Waals surface area contributed by atoms with Crippen LogP contribution in [0.15, 0.2) is 24.5 Å². The lowest BCUT2D eigenvalue weighted by atomic mass is 9.93. The van der Waals surface area contributed by atoms with E-state index in [0.29, 0.717) is 12.5 Å². The van der Waals surface area contributed by atoms with E-state index in [0.717, 1.165) is 38.1 Å². The van der Waals surface area contributed by atoms with Gasteiger partial charge in [0.15, 0.2) is 0 Å². The molecule has 1 fully saturated rings. The van der Waals surface area contributed by atoms with Gasteiger partial charge in [0.2, 0.25) is 11.8 Å². The average Bonchev–Trinajstić information content (AvgIpc) is 2.55. The van der Waals surface area contributed by atoms with Crippen molar-refractivity contribution in [2.24, 2.45) is 5.92 Å². The van der Waals surface area contributed by atoms with Crippen LogP contribution in [-0.4, -0.2) is 47.4 Å². The van der Waals surface area contributed by atoms with E-state index in [2.05, 4.69) is 10.3 Å². The fourth-order valence-electron chi connectivity index (χ4n) is 2.86. The molecular weight excluding hydrogens is 294 g/mol. The van der Waals surface area contributed by atoms with E-state index in [1.165, 1.54) is 6.92 Å². The molecule has 0 spiro atoms. The average molecular weight is 319 g/mol. The molecule has 0 aromatic carbocycles. The SMILES string of the molecule is CC(=O)N[C@@H](C)C(=O)N1CCC(CCOc2cccnc2)CC1. The normalized spacial score (nSPS) is 16.7. The van der Waals surface area contributed by atoms with Gasteiger partial charge in [-0.1, -0.05) is 0 Å². The Balaban J connectivity index is 1.67. The van der Waals surface area contributed by atoms with Gasteiger partial charge in [-0.05, 0) is 44.2 Å². The Bertz CT molecular complexity index is 513. The van der Waals surface area contributed by atoms with Crippen molar-refractivity contribution in [2.75, 3.05) is 19.7 Å². The van der Waals surface area contributed by atoms with Crippen LogP contribution in [0.5, 0.6) is 5.75 Å². The Morgan fingerprint density at radius 3 is 2.78 bits per heavy atom. The van der Waals surface area contributed by atoms with Gasteiger partial charge in [-0.2, -0.15) is 0 Å². The molecule has 23 heavy (non-hydrogen) atoms. The summed E-state index contributed by atoms with van der Waals surface area (Å²) >= 11 is 0. The monoisotopic (exact) mass is 319 g/mol. The highest BCUT2D eigenvalue weighted by molar-refractivity contribution is 5.86. The summed E-state index contributed by atoms with van der Waals surface area (Å²) in [5.74, 6) is 1.20. The van der Waals surface area contributed by atoms with Crippen LogP contribution in [0.4, 0.5) is 0 Å². The van der Waals surface area contributed by atoms with Crippen LogP contribution in [0.3, 0.4) is 0 Å². The lowest BCUT2D eigenvalue weighted by molar-refractivity contribution is -0.136. The van der Waals surface area contributed by atoms with Crippen molar-refractivity contribution >= 4 is 11.8 Å². The van der Waals surface area contributed by atoms with Crippen molar-refractivity contribution in [3.63, 3.8) is 0 Å². The largest absolute Gasteiger partial charge is 0.492 e. The molecule has 1 aliphatic heterocycles. The number of hydrogen-bond donors (Lipinski definition) is 1. The van der Waals surface area contributed by atoms with E-state index in [1.54, 1.807) is 19.3 Å². The molecule has 1 atom stereocenters. The minimum atomic E-state index is -0.446. The second-order valence-electron chi connectivity index (χ2n) is 6.02. The summed E-state index contributed by atoms with van der Waals surface area (Å²) in [5.41, 5.74) is 0. The first kappa shape index (κ1) is 17.2. The molecule has 2 heterocycles. The van der Waals surface area contributed by atoms with Gasteiger partial charge in [-0.3, -0.25) is 14.6 Å². The van der Waals surface area contributed by atoms with E-state index < -0.39 is 6.04 Å². The standard InChI is InChI=1S/C17H25N3O3/c1-13(19-14(2)21)17(22)20-9-5-15(6-10-20)7-11-23-16-4-3-8-18-12-16/h3-4,8,12-13,15H,5-7,9-11H2,1-2H3,(H,19,21)/t13-/m0/s1. The number of hydrogen-bond acceptors (Lipinski definition) is 4. The van der Waals surface area contributed by atoms with E-state index in [-0.39, 0.29) is 11.8 Å². The number of nitrogens with one attached hydrogen (secondary N) is 1. The summed E-state index contributed by atoms with van der Waals surface area (Å²) in [6.07, 6.45) is 6.38. The zero-order valence-electron chi connectivity index (χ0n) is 13.8. The first-order valence-electron chi connectivity index (χ1n) is 8.15. The summed E-state index contributed by atoms with van der Waals surface area (Å²) in [6.45, 7) is 5.34. The molecule has 6 nitrogen and oxygen atoms in total. The highest BCUT2D eigenvalue weighted by Gasteiger charge is 2.26. The third-order valence-electron chi connectivity index (χ3n) is 4.15. The lowest BCUT2D eigenvalue weighted by Crippen LogP contribution is -2.49. The minimum absolute atomic E-state index is 0.00487. The fourth-order valence-corrected chi connectivity index (χ4v) is 2.86. The molecule has 1 aromatic rings. The van der Waals surface area contributed by atoms with Gasteiger partial charge in [-0.15, -0.1) is 0 Å². The van der Waals surface area contributed by atoms with Gasteiger partial charge in [0.05, 0.1) is 12.8 Å². The Morgan fingerprint density at radius 1 is 1.43 bits per heavy atom. The van der Waals surface area contributed by atoms with Crippen molar-refractivity contribution in [3.8, 4) is 5.75 Å². The summed E-state index contributed by atoms with van der Waals surface area (Å²) in [6, 6.07) is 3.31. The summed E-state index contributed by atoms with van der Waals surface area (Å²) in [7, 11) is 0. The Morgan fingerprint density at radius 2 is 2.17 bits per heavy atom. The maximum absolute atomic E-state index is 12.2. The van der Waals surface area contributed by atoms with E-state index >= 15 is 0 Å². The third-order valence-corrected chi connectivity index (χ3v) is 4.15. The predicted molar refractivity (Wildman–Crippen MR) is 86.9 cm³/mol. The predicted octanol–water partition coefficient (Wildman–Crippen LogP) is 1.61. The maximum Gasteiger partial charge on any atom is 0.244 e. The lowest BCUT2D eigenvalue weighted by Gasteiger charge is -2.33. The van der Waals surface area contributed by atoms with Crippen LogP contribution < -0.4 is 10.1 Å². The minimum Gasteiger partial charge on any atom is -0.492 e. The molecule has 1 aliphatic rings. The summed E-state index contributed by atoms with van der Waals surface area (Å²) < 4.78 is 5.67. The molecule has 0 aliphatic carbocycles. The Kier molecular flexibility index (Phi) is 6.38. The topological polar surface area (TPSA) is 71.5 Å². The van der Waals surface area contributed by atoms with Crippen molar-refractivity contribution in [1.29, 1.82) is 0 Å². The molecule has 0 unspecified atom stereocenters. The number of carbonyl (C=O) groups is 2. The van der Waals surface area contributed by atoms with Gasteiger partial charge in [0.1, 0.15) is 11.8 Å². The van der Waals surface area contributed by atoms with Gasteiger partial charge in [0, 0.05) is 26.2 Å². The van der Waals surface area contributed by atoms with Gasteiger partial charge < -0.3 is 15.0 Å². The van der Waals surface area contributed by atoms with E-state index in [9.17, 15) is 9.59 Å². The van der Waals surface area contributed by atoms with E-state index in [4.69, 9.17) is 4.74 Å². The number of carbonyl (C=O) groups excluding carboxylic acids is 2. The number of likely N-dealkylation sites (tertiary alicyclic amines) is 1. The number of piperidine rings is 1. The molecule has 126 valence electrons. The molecule has 2 amide bonds. The Hall–Kier alpha value is -2.11. The second-order valence-corrected chi connectivity index (χ2v) is 6.02. The maximum atomic E-state index is 12.2.